The molecule has 7 heteroatoms. The molecule has 0 atom stereocenters. The summed E-state index contributed by atoms with van der Waals surface area (Å²) in [6.07, 6.45) is 1.23. The van der Waals surface area contributed by atoms with E-state index >= 15 is 0 Å². The molecule has 14 heavy (non-hydrogen) atoms. The van der Waals surface area contributed by atoms with Gasteiger partial charge in [-0.05, 0) is 12.8 Å². The predicted molar refractivity (Wildman–Crippen MR) is 60.0 cm³/mol. The lowest BCUT2D eigenvalue weighted by Gasteiger charge is -2.21. The van der Waals surface area contributed by atoms with Crippen molar-refractivity contribution in [3.8, 4) is 0 Å². The van der Waals surface area contributed by atoms with Crippen molar-refractivity contribution < 1.29 is 9.59 Å². The Balaban J connectivity index is -0.000000605. The highest BCUT2D eigenvalue weighted by atomic mass is 79.9. The van der Waals surface area contributed by atoms with Crippen LogP contribution in [0.2, 0.25) is 0 Å². The largest absolute Gasteiger partial charge is 0.351 e. The van der Waals surface area contributed by atoms with Gasteiger partial charge >= 0.3 is 6.03 Å². The summed E-state index contributed by atoms with van der Waals surface area (Å²) in [6.45, 7) is 3.72. The topological polar surface area (TPSA) is 142 Å². The molecule has 3 amide bonds. The summed E-state index contributed by atoms with van der Waals surface area (Å²) in [5.74, 6) is -0.375. The average molecular weight is 271 g/mol. The quantitative estimate of drug-likeness (QED) is 0.576. The minimum absolute atomic E-state index is 0. The second kappa shape index (κ2) is 7.72. The second-order valence-corrected chi connectivity index (χ2v) is 4.01. The standard InChI is InChI=1S/C7H13BrN2O2.2H3N/c1-3-7(8,4-2)5(11)10-6(9)12;;/h3-4H2,1-2H3,(H3,9,10,11,12);2*1H3. The van der Waals surface area contributed by atoms with Crippen LogP contribution in [0.4, 0.5) is 4.79 Å². The van der Waals surface area contributed by atoms with E-state index in [0.29, 0.717) is 12.8 Å². The summed E-state index contributed by atoms with van der Waals surface area (Å²) in [6, 6.07) is -0.814. The predicted octanol–water partition coefficient (Wildman–Crippen LogP) is 1.46. The van der Waals surface area contributed by atoms with Gasteiger partial charge in [-0.15, -0.1) is 0 Å². The van der Waals surface area contributed by atoms with Gasteiger partial charge in [0.2, 0.25) is 5.91 Å². The first kappa shape index (κ1) is 19.0. The third-order valence-electron chi connectivity index (χ3n) is 1.76. The van der Waals surface area contributed by atoms with E-state index in [-0.39, 0.29) is 18.2 Å². The molecule has 0 fully saturated rings. The Morgan fingerprint density at radius 1 is 1.29 bits per heavy atom. The Labute approximate surface area is 92.3 Å². The van der Waals surface area contributed by atoms with Crippen LogP contribution in [0.1, 0.15) is 26.7 Å². The van der Waals surface area contributed by atoms with E-state index in [0.717, 1.165) is 0 Å². The Kier molecular flexibility index (Phi) is 10.5. The second-order valence-electron chi connectivity index (χ2n) is 2.49. The maximum atomic E-state index is 11.3. The Hall–Kier alpha value is -0.660. The number of alkyl halides is 1. The van der Waals surface area contributed by atoms with Crippen molar-refractivity contribution in [1.82, 2.24) is 17.6 Å². The molecule has 0 radical (unpaired) electrons. The number of nitrogens with one attached hydrogen (secondary N) is 1. The monoisotopic (exact) mass is 270 g/mol. The third kappa shape index (κ3) is 5.15. The Morgan fingerprint density at radius 3 is 1.86 bits per heavy atom. The van der Waals surface area contributed by atoms with Crippen molar-refractivity contribution in [2.45, 2.75) is 31.0 Å². The molecule has 0 aliphatic heterocycles. The summed E-state index contributed by atoms with van der Waals surface area (Å²) in [4.78, 5) is 21.6. The molecule has 0 bridgehead atoms. The van der Waals surface area contributed by atoms with E-state index < -0.39 is 10.4 Å². The third-order valence-corrected chi connectivity index (χ3v) is 3.25. The number of urea groups is 1. The van der Waals surface area contributed by atoms with Crippen LogP contribution in [0.5, 0.6) is 0 Å². The molecule has 86 valence electrons. The number of halogens is 1. The lowest BCUT2D eigenvalue weighted by molar-refractivity contribution is -0.122. The number of hydrogen-bond donors (Lipinski definition) is 4. The molecule has 6 nitrogen and oxygen atoms in total. The van der Waals surface area contributed by atoms with Gasteiger partial charge in [-0.25, -0.2) is 4.79 Å². The van der Waals surface area contributed by atoms with Crippen LogP contribution < -0.4 is 23.4 Å². The average Bonchev–Trinajstić information content (AvgIpc) is 2.02. The number of hydrogen-bond acceptors (Lipinski definition) is 4. The smallest absolute Gasteiger partial charge is 0.318 e. The molecule has 0 aromatic heterocycles. The molecule has 0 saturated carbocycles. The summed E-state index contributed by atoms with van der Waals surface area (Å²) in [5, 5.41) is 2.04. The van der Waals surface area contributed by atoms with Crippen LogP contribution in [0.15, 0.2) is 0 Å². The number of primary amides is 1. The molecule has 0 aliphatic rings. The first-order chi connectivity index (χ1) is 5.46. The fourth-order valence-corrected chi connectivity index (χ4v) is 0.894. The zero-order chi connectivity index (χ0) is 9.78. The van der Waals surface area contributed by atoms with Gasteiger partial charge in [-0.3, -0.25) is 10.1 Å². The van der Waals surface area contributed by atoms with Gasteiger partial charge in [-0.1, -0.05) is 29.8 Å². The lowest BCUT2D eigenvalue weighted by atomic mass is 10.0. The molecule has 0 aromatic carbocycles. The summed E-state index contributed by atoms with van der Waals surface area (Å²) in [5.41, 5.74) is 4.81. The first-order valence-corrected chi connectivity index (χ1v) is 4.55. The van der Waals surface area contributed by atoms with Gasteiger partial charge in [0.05, 0.1) is 0 Å². The van der Waals surface area contributed by atoms with Crippen LogP contribution in [0, 0.1) is 0 Å². The highest BCUT2D eigenvalue weighted by molar-refractivity contribution is 9.10. The van der Waals surface area contributed by atoms with Crippen LogP contribution in [0.3, 0.4) is 0 Å². The summed E-state index contributed by atoms with van der Waals surface area (Å²) >= 11 is 3.26. The van der Waals surface area contributed by atoms with E-state index in [2.05, 4.69) is 15.9 Å². The van der Waals surface area contributed by atoms with Gasteiger partial charge in [0, 0.05) is 0 Å². The molecule has 0 heterocycles. The first-order valence-electron chi connectivity index (χ1n) is 3.76. The van der Waals surface area contributed by atoms with Crippen LogP contribution in [-0.4, -0.2) is 16.3 Å². The zero-order valence-corrected chi connectivity index (χ0v) is 10.2. The molecule has 0 aliphatic carbocycles. The molecule has 0 unspecified atom stereocenters. The summed E-state index contributed by atoms with van der Waals surface area (Å²) < 4.78 is -0.665. The normalized spacial score (nSPS) is 9.36. The SMILES string of the molecule is CCC(Br)(CC)C(=O)NC(N)=O.N.N. The minimum atomic E-state index is -0.814. The lowest BCUT2D eigenvalue weighted by Crippen LogP contribution is -2.46. The zero-order valence-electron chi connectivity index (χ0n) is 8.60. The van der Waals surface area contributed by atoms with Crippen LogP contribution in [0.25, 0.3) is 0 Å². The number of carbonyl (C=O) groups excluding carboxylic acids is 2. The van der Waals surface area contributed by atoms with E-state index in [4.69, 9.17) is 5.73 Å². The Bertz CT molecular complexity index is 194. The number of imide groups is 1. The van der Waals surface area contributed by atoms with Crippen molar-refractivity contribution in [3.63, 3.8) is 0 Å². The van der Waals surface area contributed by atoms with Gasteiger partial charge < -0.3 is 18.0 Å². The molecule has 0 spiro atoms. The van der Waals surface area contributed by atoms with Gasteiger partial charge in [0.1, 0.15) is 4.32 Å². The van der Waals surface area contributed by atoms with Crippen molar-refractivity contribution >= 4 is 27.9 Å². The van der Waals surface area contributed by atoms with E-state index in [1.54, 1.807) is 0 Å². The molecule has 9 N–H and O–H groups in total. The van der Waals surface area contributed by atoms with Crippen molar-refractivity contribution in [1.29, 1.82) is 0 Å². The highest BCUT2D eigenvalue weighted by Crippen LogP contribution is 2.26. The van der Waals surface area contributed by atoms with Crippen molar-refractivity contribution in [2.75, 3.05) is 0 Å². The maximum absolute atomic E-state index is 11.3. The number of carbonyl (C=O) groups is 2. The Morgan fingerprint density at radius 2 is 1.64 bits per heavy atom. The minimum Gasteiger partial charge on any atom is -0.351 e. The van der Waals surface area contributed by atoms with Gasteiger partial charge in [0.15, 0.2) is 0 Å². The molecular weight excluding hydrogens is 252 g/mol. The molecule has 0 rings (SSSR count). The number of nitrogens with two attached hydrogens (primary N) is 1. The molecule has 0 saturated heterocycles. The van der Waals surface area contributed by atoms with E-state index in [9.17, 15) is 9.59 Å². The fraction of sp³-hybridized carbons (Fsp3) is 0.714. The highest BCUT2D eigenvalue weighted by Gasteiger charge is 2.32. The van der Waals surface area contributed by atoms with Gasteiger partial charge in [-0.2, -0.15) is 0 Å². The summed E-state index contributed by atoms with van der Waals surface area (Å²) in [7, 11) is 0. The fourth-order valence-electron chi connectivity index (χ4n) is 0.795. The van der Waals surface area contributed by atoms with E-state index in [1.165, 1.54) is 0 Å². The van der Waals surface area contributed by atoms with Crippen molar-refractivity contribution in [3.05, 3.63) is 0 Å². The van der Waals surface area contributed by atoms with Crippen molar-refractivity contribution in [2.24, 2.45) is 5.73 Å². The molecule has 0 aromatic rings. The van der Waals surface area contributed by atoms with Crippen LogP contribution in [-0.2, 0) is 4.79 Å². The van der Waals surface area contributed by atoms with Gasteiger partial charge in [0.25, 0.3) is 0 Å². The number of rotatable bonds is 3. The maximum Gasteiger partial charge on any atom is 0.318 e. The molecular formula is C7H19BrN4O2. The number of amides is 3. The van der Waals surface area contributed by atoms with E-state index in [1.807, 2.05) is 19.2 Å². The van der Waals surface area contributed by atoms with Crippen LogP contribution >= 0.6 is 15.9 Å².